The monoisotopic (exact) mass is 288 g/mol. The number of thiophene rings is 1. The fraction of sp³-hybridized carbons (Fsp3) is 0.412. The summed E-state index contributed by atoms with van der Waals surface area (Å²) in [5, 5.41) is 10.5. The SMILES string of the molecule is CC(C)Oc1ccc(C(O)c2cc3c(s2)CCC3)cc1. The van der Waals surface area contributed by atoms with E-state index in [4.69, 9.17) is 4.74 Å². The molecule has 1 N–H and O–H groups in total. The van der Waals surface area contributed by atoms with Crippen LogP contribution in [0.1, 0.15) is 47.3 Å². The van der Waals surface area contributed by atoms with E-state index in [1.54, 1.807) is 11.3 Å². The third-order valence-corrected chi connectivity index (χ3v) is 4.89. The lowest BCUT2D eigenvalue weighted by Crippen LogP contribution is -2.05. The summed E-state index contributed by atoms with van der Waals surface area (Å²) in [6.07, 6.45) is 3.26. The Morgan fingerprint density at radius 3 is 2.55 bits per heavy atom. The van der Waals surface area contributed by atoms with Crippen LogP contribution in [-0.4, -0.2) is 11.2 Å². The molecule has 0 bridgehead atoms. The van der Waals surface area contributed by atoms with E-state index >= 15 is 0 Å². The average molecular weight is 288 g/mol. The molecule has 1 atom stereocenters. The first-order valence-electron chi connectivity index (χ1n) is 7.19. The van der Waals surface area contributed by atoms with Gasteiger partial charge in [-0.2, -0.15) is 0 Å². The minimum Gasteiger partial charge on any atom is -0.491 e. The van der Waals surface area contributed by atoms with Gasteiger partial charge in [0.25, 0.3) is 0 Å². The maximum atomic E-state index is 10.5. The Kier molecular flexibility index (Phi) is 3.81. The molecule has 106 valence electrons. The van der Waals surface area contributed by atoms with E-state index in [0.717, 1.165) is 16.2 Å². The Morgan fingerprint density at radius 1 is 1.15 bits per heavy atom. The molecule has 1 unspecified atom stereocenters. The number of hydrogen-bond donors (Lipinski definition) is 1. The van der Waals surface area contributed by atoms with Gasteiger partial charge in [0.2, 0.25) is 0 Å². The van der Waals surface area contributed by atoms with Crippen LogP contribution in [0.4, 0.5) is 0 Å². The van der Waals surface area contributed by atoms with Crippen molar-refractivity contribution in [1.29, 1.82) is 0 Å². The Hall–Kier alpha value is -1.32. The molecule has 2 aromatic rings. The smallest absolute Gasteiger partial charge is 0.119 e. The minimum atomic E-state index is -0.515. The molecule has 2 nitrogen and oxygen atoms in total. The van der Waals surface area contributed by atoms with Crippen LogP contribution >= 0.6 is 11.3 Å². The zero-order valence-electron chi connectivity index (χ0n) is 11.9. The molecule has 3 heteroatoms. The second-order valence-electron chi connectivity index (χ2n) is 5.59. The van der Waals surface area contributed by atoms with Crippen LogP contribution in [0, 0.1) is 0 Å². The molecule has 1 heterocycles. The first-order valence-corrected chi connectivity index (χ1v) is 8.01. The quantitative estimate of drug-likeness (QED) is 0.917. The van der Waals surface area contributed by atoms with E-state index < -0.39 is 6.10 Å². The van der Waals surface area contributed by atoms with Crippen molar-refractivity contribution >= 4 is 11.3 Å². The minimum absolute atomic E-state index is 0.172. The molecule has 1 aromatic carbocycles. The van der Waals surface area contributed by atoms with Gasteiger partial charge in [-0.15, -0.1) is 11.3 Å². The fourth-order valence-electron chi connectivity index (χ4n) is 2.65. The second-order valence-corrected chi connectivity index (χ2v) is 6.76. The van der Waals surface area contributed by atoms with Gasteiger partial charge in [0.05, 0.1) is 6.10 Å². The van der Waals surface area contributed by atoms with E-state index in [9.17, 15) is 5.11 Å². The summed E-state index contributed by atoms with van der Waals surface area (Å²) in [6.45, 7) is 4.02. The molecular weight excluding hydrogens is 268 g/mol. The van der Waals surface area contributed by atoms with E-state index in [1.807, 2.05) is 38.1 Å². The van der Waals surface area contributed by atoms with Gasteiger partial charge in [0, 0.05) is 9.75 Å². The number of rotatable bonds is 4. The van der Waals surface area contributed by atoms with Gasteiger partial charge in [-0.05, 0) is 62.4 Å². The molecule has 20 heavy (non-hydrogen) atoms. The summed E-state index contributed by atoms with van der Waals surface area (Å²) >= 11 is 1.76. The second kappa shape index (κ2) is 5.58. The molecule has 0 radical (unpaired) electrons. The number of benzene rings is 1. The topological polar surface area (TPSA) is 29.5 Å². The van der Waals surface area contributed by atoms with E-state index in [0.29, 0.717) is 0 Å². The number of aliphatic hydroxyl groups is 1. The van der Waals surface area contributed by atoms with E-state index in [2.05, 4.69) is 6.07 Å². The molecule has 0 amide bonds. The van der Waals surface area contributed by atoms with Gasteiger partial charge in [-0.25, -0.2) is 0 Å². The largest absolute Gasteiger partial charge is 0.491 e. The van der Waals surface area contributed by atoms with Crippen molar-refractivity contribution in [2.24, 2.45) is 0 Å². The summed E-state index contributed by atoms with van der Waals surface area (Å²) in [7, 11) is 0. The van der Waals surface area contributed by atoms with Crippen molar-refractivity contribution in [3.8, 4) is 5.75 Å². The van der Waals surface area contributed by atoms with Crippen molar-refractivity contribution < 1.29 is 9.84 Å². The van der Waals surface area contributed by atoms with E-state index in [1.165, 1.54) is 29.7 Å². The normalized spacial score (nSPS) is 15.4. The summed E-state index contributed by atoms with van der Waals surface area (Å²) in [5.41, 5.74) is 2.37. The number of hydrogen-bond acceptors (Lipinski definition) is 3. The van der Waals surface area contributed by atoms with Crippen molar-refractivity contribution in [3.05, 3.63) is 51.2 Å². The first kappa shape index (κ1) is 13.7. The average Bonchev–Trinajstić information content (AvgIpc) is 2.98. The molecular formula is C17H20O2S. The lowest BCUT2D eigenvalue weighted by Gasteiger charge is -2.12. The van der Waals surface area contributed by atoms with Crippen molar-refractivity contribution in [2.45, 2.75) is 45.3 Å². The highest BCUT2D eigenvalue weighted by Crippen LogP contribution is 2.36. The highest BCUT2D eigenvalue weighted by molar-refractivity contribution is 7.12. The van der Waals surface area contributed by atoms with Crippen molar-refractivity contribution in [3.63, 3.8) is 0 Å². The summed E-state index contributed by atoms with van der Waals surface area (Å²) in [5.74, 6) is 0.852. The Balaban J connectivity index is 1.77. The number of aliphatic hydroxyl groups excluding tert-OH is 1. The van der Waals surface area contributed by atoms with Crippen molar-refractivity contribution in [1.82, 2.24) is 0 Å². The van der Waals surface area contributed by atoms with Gasteiger partial charge < -0.3 is 9.84 Å². The lowest BCUT2D eigenvalue weighted by atomic mass is 10.1. The molecule has 3 rings (SSSR count). The van der Waals surface area contributed by atoms with Crippen LogP contribution in [0.25, 0.3) is 0 Å². The van der Waals surface area contributed by atoms with Crippen LogP contribution < -0.4 is 4.74 Å². The molecule has 1 aliphatic rings. The predicted molar refractivity (Wildman–Crippen MR) is 82.6 cm³/mol. The highest BCUT2D eigenvalue weighted by atomic mass is 32.1. The summed E-state index contributed by atoms with van der Waals surface area (Å²) in [4.78, 5) is 2.52. The van der Waals surface area contributed by atoms with Gasteiger partial charge in [-0.3, -0.25) is 0 Å². The maximum absolute atomic E-state index is 10.5. The van der Waals surface area contributed by atoms with Crippen molar-refractivity contribution in [2.75, 3.05) is 0 Å². The number of aryl methyl sites for hydroxylation is 2. The molecule has 1 aromatic heterocycles. The number of fused-ring (bicyclic) bond motifs is 1. The van der Waals surface area contributed by atoms with Crippen LogP contribution in [0.5, 0.6) is 5.75 Å². The maximum Gasteiger partial charge on any atom is 0.119 e. The fourth-order valence-corrected chi connectivity index (χ4v) is 3.92. The van der Waals surface area contributed by atoms with Crippen LogP contribution in [0.15, 0.2) is 30.3 Å². The van der Waals surface area contributed by atoms with Gasteiger partial charge in [0.1, 0.15) is 11.9 Å². The van der Waals surface area contributed by atoms with Gasteiger partial charge in [-0.1, -0.05) is 12.1 Å². The zero-order chi connectivity index (χ0) is 14.1. The zero-order valence-corrected chi connectivity index (χ0v) is 12.7. The molecule has 0 fully saturated rings. The predicted octanol–water partition coefficient (Wildman–Crippen LogP) is 4.11. The third kappa shape index (κ3) is 2.74. The third-order valence-electron chi connectivity index (χ3n) is 3.60. The van der Waals surface area contributed by atoms with Crippen LogP contribution in [0.2, 0.25) is 0 Å². The molecule has 0 aliphatic heterocycles. The Morgan fingerprint density at radius 2 is 1.90 bits per heavy atom. The molecule has 0 saturated carbocycles. The summed E-state index contributed by atoms with van der Waals surface area (Å²) < 4.78 is 5.63. The first-order chi connectivity index (χ1) is 9.63. The van der Waals surface area contributed by atoms with E-state index in [-0.39, 0.29) is 6.10 Å². The molecule has 0 saturated heterocycles. The van der Waals surface area contributed by atoms with Gasteiger partial charge >= 0.3 is 0 Å². The standard InChI is InChI=1S/C17H20O2S/c1-11(2)19-14-8-6-12(7-9-14)17(18)16-10-13-4-3-5-15(13)20-16/h6-11,17-18H,3-5H2,1-2H3. The number of ether oxygens (including phenoxy) is 1. The Bertz CT molecular complexity index is 562. The highest BCUT2D eigenvalue weighted by Gasteiger charge is 2.19. The summed E-state index contributed by atoms with van der Waals surface area (Å²) in [6, 6.07) is 9.94. The van der Waals surface area contributed by atoms with Crippen LogP contribution in [0.3, 0.4) is 0 Å². The molecule has 1 aliphatic carbocycles. The Labute approximate surface area is 124 Å². The van der Waals surface area contributed by atoms with Crippen LogP contribution in [-0.2, 0) is 12.8 Å². The van der Waals surface area contributed by atoms with Gasteiger partial charge in [0.15, 0.2) is 0 Å². The lowest BCUT2D eigenvalue weighted by molar-refractivity contribution is 0.223. The molecule has 0 spiro atoms.